The SMILES string of the molecule is O=C1/C(=C/c2cc(Br)ccc2O)S/C(=N\N=C\c2ccc(Cl)cc2)N1Cc1ccco1. The van der Waals surface area contributed by atoms with Crippen LogP contribution in [0, 0.1) is 0 Å². The van der Waals surface area contributed by atoms with Crippen LogP contribution < -0.4 is 0 Å². The third-order valence-electron chi connectivity index (χ3n) is 4.28. The maximum absolute atomic E-state index is 13.1. The fraction of sp³-hybridized carbons (Fsp3) is 0.0455. The molecule has 0 spiro atoms. The minimum atomic E-state index is -0.249. The highest BCUT2D eigenvalue weighted by atomic mass is 79.9. The van der Waals surface area contributed by atoms with Crippen LogP contribution in [-0.4, -0.2) is 27.3 Å². The number of phenolic OH excluding ortho intramolecular Hbond substituents is 1. The predicted octanol–water partition coefficient (Wildman–Crippen LogP) is 5.91. The van der Waals surface area contributed by atoms with Crippen molar-refractivity contribution < 1.29 is 14.3 Å². The maximum atomic E-state index is 13.1. The first-order valence-corrected chi connectivity index (χ1v) is 11.1. The van der Waals surface area contributed by atoms with Crippen LogP contribution >= 0.6 is 39.3 Å². The van der Waals surface area contributed by atoms with E-state index in [9.17, 15) is 9.90 Å². The van der Waals surface area contributed by atoms with Gasteiger partial charge in [0, 0.05) is 15.1 Å². The zero-order valence-electron chi connectivity index (χ0n) is 15.9. The number of amidine groups is 1. The van der Waals surface area contributed by atoms with Gasteiger partial charge in [-0.2, -0.15) is 5.10 Å². The Hall–Kier alpha value is -2.81. The van der Waals surface area contributed by atoms with Crippen LogP contribution in [0.1, 0.15) is 16.9 Å². The number of hydrogen-bond acceptors (Lipinski definition) is 6. The molecule has 0 unspecified atom stereocenters. The number of carbonyl (C=O) groups is 1. The van der Waals surface area contributed by atoms with Gasteiger partial charge in [0.05, 0.1) is 23.9 Å². The summed E-state index contributed by atoms with van der Waals surface area (Å²) >= 11 is 10.5. The highest BCUT2D eigenvalue weighted by Gasteiger charge is 2.34. The fourth-order valence-electron chi connectivity index (χ4n) is 2.76. The fourth-order valence-corrected chi connectivity index (χ4v) is 4.19. The van der Waals surface area contributed by atoms with Crippen molar-refractivity contribution in [2.45, 2.75) is 6.54 Å². The molecule has 1 amide bonds. The van der Waals surface area contributed by atoms with E-state index >= 15 is 0 Å². The first-order chi connectivity index (χ1) is 15.0. The van der Waals surface area contributed by atoms with Crippen LogP contribution in [0.15, 0.2) is 84.9 Å². The summed E-state index contributed by atoms with van der Waals surface area (Å²) in [4.78, 5) is 15.0. The average Bonchev–Trinajstić information content (AvgIpc) is 3.36. The number of hydrogen-bond donors (Lipinski definition) is 1. The van der Waals surface area contributed by atoms with E-state index < -0.39 is 0 Å². The lowest BCUT2D eigenvalue weighted by Crippen LogP contribution is -2.28. The van der Waals surface area contributed by atoms with Crippen molar-refractivity contribution in [1.29, 1.82) is 0 Å². The Morgan fingerprint density at radius 1 is 1.19 bits per heavy atom. The van der Waals surface area contributed by atoms with Crippen LogP contribution in [0.4, 0.5) is 0 Å². The molecule has 0 aliphatic carbocycles. The van der Waals surface area contributed by atoms with Crippen molar-refractivity contribution >= 4 is 62.7 Å². The topological polar surface area (TPSA) is 78.4 Å². The van der Waals surface area contributed by atoms with Crippen LogP contribution in [0.5, 0.6) is 5.75 Å². The normalized spacial score (nSPS) is 16.8. The average molecular weight is 517 g/mol. The van der Waals surface area contributed by atoms with E-state index in [1.807, 2.05) is 12.1 Å². The number of amides is 1. The number of carbonyl (C=O) groups excluding carboxylic acids is 1. The van der Waals surface area contributed by atoms with Crippen molar-refractivity contribution in [3.8, 4) is 5.75 Å². The summed E-state index contributed by atoms with van der Waals surface area (Å²) in [5.74, 6) is 0.448. The molecule has 3 aromatic rings. The number of nitrogens with zero attached hydrogens (tertiary/aromatic N) is 3. The first-order valence-electron chi connectivity index (χ1n) is 9.08. The van der Waals surface area contributed by atoms with Crippen molar-refractivity contribution in [2.24, 2.45) is 10.2 Å². The minimum Gasteiger partial charge on any atom is -0.507 e. The van der Waals surface area contributed by atoms with E-state index in [0.717, 1.165) is 10.0 Å². The van der Waals surface area contributed by atoms with Gasteiger partial charge in [-0.1, -0.05) is 39.7 Å². The number of aromatic hydroxyl groups is 1. The van der Waals surface area contributed by atoms with Gasteiger partial charge in [0.15, 0.2) is 5.17 Å². The Labute approximate surface area is 196 Å². The van der Waals surface area contributed by atoms with Crippen molar-refractivity contribution in [3.63, 3.8) is 0 Å². The monoisotopic (exact) mass is 515 g/mol. The Morgan fingerprint density at radius 3 is 2.74 bits per heavy atom. The highest BCUT2D eigenvalue weighted by Crippen LogP contribution is 2.35. The first kappa shape index (κ1) is 21.4. The summed E-state index contributed by atoms with van der Waals surface area (Å²) in [6, 6.07) is 15.7. The van der Waals surface area contributed by atoms with E-state index in [4.69, 9.17) is 16.0 Å². The summed E-state index contributed by atoms with van der Waals surface area (Å²) in [6.45, 7) is 0.218. The molecule has 31 heavy (non-hydrogen) atoms. The van der Waals surface area contributed by atoms with Crippen molar-refractivity contribution in [3.05, 3.63) is 92.1 Å². The van der Waals surface area contributed by atoms with Crippen LogP contribution in [-0.2, 0) is 11.3 Å². The number of rotatable bonds is 5. The maximum Gasteiger partial charge on any atom is 0.267 e. The lowest BCUT2D eigenvalue weighted by Gasteiger charge is -2.12. The zero-order valence-corrected chi connectivity index (χ0v) is 19.1. The molecule has 1 saturated heterocycles. The summed E-state index contributed by atoms with van der Waals surface area (Å²) in [6.07, 6.45) is 4.77. The summed E-state index contributed by atoms with van der Waals surface area (Å²) < 4.78 is 6.18. The molecular weight excluding hydrogens is 502 g/mol. The molecule has 1 N–H and O–H groups in total. The minimum absolute atomic E-state index is 0.0767. The molecule has 0 atom stereocenters. The lowest BCUT2D eigenvalue weighted by molar-refractivity contribution is -0.122. The number of thioether (sulfide) groups is 1. The third-order valence-corrected chi connectivity index (χ3v) is 6.02. The number of furan rings is 1. The van der Waals surface area contributed by atoms with Gasteiger partial charge in [-0.25, -0.2) is 0 Å². The molecule has 2 heterocycles. The summed E-state index contributed by atoms with van der Waals surface area (Å²) in [5.41, 5.74) is 1.35. The second-order valence-corrected chi connectivity index (χ2v) is 8.82. The second-order valence-electron chi connectivity index (χ2n) is 6.46. The van der Waals surface area contributed by atoms with Crippen LogP contribution in [0.25, 0.3) is 6.08 Å². The Balaban J connectivity index is 1.64. The van der Waals surface area contributed by atoms with Gasteiger partial charge in [0.2, 0.25) is 0 Å². The zero-order chi connectivity index (χ0) is 21.8. The van der Waals surface area contributed by atoms with E-state index in [1.165, 1.54) is 16.7 Å². The van der Waals surface area contributed by atoms with Gasteiger partial charge in [-0.05, 0) is 65.9 Å². The summed E-state index contributed by atoms with van der Waals surface area (Å²) in [5, 5.41) is 19.6. The van der Waals surface area contributed by atoms with E-state index in [1.54, 1.807) is 61.0 Å². The third kappa shape index (κ3) is 5.28. The Bertz CT molecular complexity index is 1190. The predicted molar refractivity (Wildman–Crippen MR) is 127 cm³/mol. The molecule has 6 nitrogen and oxygen atoms in total. The molecule has 1 fully saturated rings. The van der Waals surface area contributed by atoms with Crippen LogP contribution in [0.3, 0.4) is 0 Å². The van der Waals surface area contributed by atoms with E-state index in [0.29, 0.717) is 26.4 Å². The molecule has 9 heteroatoms. The largest absolute Gasteiger partial charge is 0.507 e. The van der Waals surface area contributed by atoms with Crippen molar-refractivity contribution in [2.75, 3.05) is 0 Å². The Morgan fingerprint density at radius 2 is 2.00 bits per heavy atom. The van der Waals surface area contributed by atoms with E-state index in [2.05, 4.69) is 26.1 Å². The molecule has 0 bridgehead atoms. The van der Waals surface area contributed by atoms with Gasteiger partial charge in [-0.15, -0.1) is 5.10 Å². The molecule has 156 valence electrons. The van der Waals surface area contributed by atoms with Gasteiger partial charge >= 0.3 is 0 Å². The Kier molecular flexibility index (Phi) is 6.60. The molecule has 1 aliphatic heterocycles. The molecular formula is C22H15BrClN3O3S. The second kappa shape index (κ2) is 9.55. The highest BCUT2D eigenvalue weighted by molar-refractivity contribution is 9.10. The lowest BCUT2D eigenvalue weighted by atomic mass is 10.2. The standard InChI is InChI=1S/C22H15BrClN3O3S/c23-16-5-8-19(28)15(10-16)11-20-21(29)27(13-18-2-1-9-30-18)22(31-20)26-25-12-14-3-6-17(24)7-4-14/h1-12,28H,13H2/b20-11-,25-12+,26-22-. The van der Waals surface area contributed by atoms with Gasteiger partial charge < -0.3 is 9.52 Å². The number of phenols is 1. The molecule has 4 rings (SSSR count). The number of benzene rings is 2. The number of halogens is 2. The quantitative estimate of drug-likeness (QED) is 0.260. The van der Waals surface area contributed by atoms with Gasteiger partial charge in [0.25, 0.3) is 5.91 Å². The van der Waals surface area contributed by atoms with E-state index in [-0.39, 0.29) is 18.2 Å². The molecule has 1 aliphatic rings. The summed E-state index contributed by atoms with van der Waals surface area (Å²) in [7, 11) is 0. The van der Waals surface area contributed by atoms with Gasteiger partial charge in [-0.3, -0.25) is 9.69 Å². The molecule has 1 aromatic heterocycles. The molecule has 0 saturated carbocycles. The van der Waals surface area contributed by atoms with Crippen LogP contribution in [0.2, 0.25) is 5.02 Å². The van der Waals surface area contributed by atoms with Crippen molar-refractivity contribution in [1.82, 2.24) is 4.90 Å². The smallest absolute Gasteiger partial charge is 0.267 e. The van der Waals surface area contributed by atoms with Gasteiger partial charge in [0.1, 0.15) is 11.5 Å². The molecule has 2 aromatic carbocycles. The molecule has 0 radical (unpaired) electrons.